The molecule has 3 nitrogen and oxygen atoms in total. The monoisotopic (exact) mass is 273 g/mol. The summed E-state index contributed by atoms with van der Waals surface area (Å²) < 4.78 is 25.4. The third kappa shape index (κ3) is 2.80. The van der Waals surface area contributed by atoms with E-state index in [-0.39, 0.29) is 17.9 Å². The van der Waals surface area contributed by atoms with Crippen molar-refractivity contribution >= 4 is 0 Å². The molecule has 1 saturated heterocycles. The van der Waals surface area contributed by atoms with Crippen LogP contribution >= 0.6 is 0 Å². The summed E-state index contributed by atoms with van der Waals surface area (Å²) in [5.41, 5.74) is 1.60. The number of halogens is 1. The topological polar surface area (TPSA) is 31.4 Å². The average Bonchev–Trinajstić information content (AvgIpc) is 2.51. The lowest BCUT2D eigenvalue weighted by atomic mass is 10.1. The first-order chi connectivity index (χ1) is 9.84. The summed E-state index contributed by atoms with van der Waals surface area (Å²) in [4.78, 5) is 3.98. The zero-order chi connectivity index (χ0) is 13.8. The molecule has 0 aliphatic carbocycles. The second kappa shape index (κ2) is 6.01. The van der Waals surface area contributed by atoms with Gasteiger partial charge >= 0.3 is 0 Å². The predicted molar refractivity (Wildman–Crippen MR) is 73.9 cm³/mol. The molecule has 0 radical (unpaired) electrons. The highest BCUT2D eigenvalue weighted by Crippen LogP contribution is 2.33. The zero-order valence-corrected chi connectivity index (χ0v) is 11.1. The van der Waals surface area contributed by atoms with Gasteiger partial charge in [0, 0.05) is 24.4 Å². The van der Waals surface area contributed by atoms with Crippen molar-refractivity contribution in [2.75, 3.05) is 6.61 Å². The van der Waals surface area contributed by atoms with Crippen LogP contribution in [0.5, 0.6) is 5.75 Å². The Morgan fingerprint density at radius 1 is 1.15 bits per heavy atom. The molecular weight excluding hydrogens is 257 g/mol. The lowest BCUT2D eigenvalue weighted by molar-refractivity contribution is -0.107. The molecule has 0 N–H and O–H groups in total. The molecular formula is C16H16FNO2. The van der Waals surface area contributed by atoms with Crippen LogP contribution in [0.2, 0.25) is 0 Å². The number of aromatic nitrogens is 1. The number of para-hydroxylation sites is 1. The maximum absolute atomic E-state index is 14.1. The maximum Gasteiger partial charge on any atom is 0.200 e. The van der Waals surface area contributed by atoms with Crippen LogP contribution in [0.1, 0.15) is 19.3 Å². The second-order valence-corrected chi connectivity index (χ2v) is 4.77. The summed E-state index contributed by atoms with van der Waals surface area (Å²) in [5.74, 6) is -0.112. The number of ether oxygens (including phenoxy) is 2. The Morgan fingerprint density at radius 2 is 2.00 bits per heavy atom. The largest absolute Gasteiger partial charge is 0.461 e. The van der Waals surface area contributed by atoms with E-state index in [1.54, 1.807) is 18.5 Å². The van der Waals surface area contributed by atoms with Crippen LogP contribution in [0.15, 0.2) is 42.7 Å². The molecule has 2 aromatic rings. The second-order valence-electron chi connectivity index (χ2n) is 4.77. The quantitative estimate of drug-likeness (QED) is 0.852. The van der Waals surface area contributed by atoms with Crippen molar-refractivity contribution < 1.29 is 13.9 Å². The molecule has 0 saturated carbocycles. The van der Waals surface area contributed by atoms with Crippen molar-refractivity contribution in [1.82, 2.24) is 4.98 Å². The number of pyridine rings is 1. The summed E-state index contributed by atoms with van der Waals surface area (Å²) in [6.45, 7) is 0.670. The summed E-state index contributed by atoms with van der Waals surface area (Å²) >= 11 is 0. The smallest absolute Gasteiger partial charge is 0.200 e. The van der Waals surface area contributed by atoms with E-state index < -0.39 is 0 Å². The summed E-state index contributed by atoms with van der Waals surface area (Å²) in [7, 11) is 0. The average molecular weight is 273 g/mol. The molecule has 1 fully saturated rings. The van der Waals surface area contributed by atoms with Crippen molar-refractivity contribution in [3.63, 3.8) is 0 Å². The minimum Gasteiger partial charge on any atom is -0.461 e. The first-order valence-corrected chi connectivity index (χ1v) is 6.82. The van der Waals surface area contributed by atoms with Crippen LogP contribution in [-0.4, -0.2) is 17.9 Å². The van der Waals surface area contributed by atoms with Gasteiger partial charge in [0.1, 0.15) is 0 Å². The predicted octanol–water partition coefficient (Wildman–Crippen LogP) is 3.79. The number of rotatable bonds is 3. The number of hydrogen-bond acceptors (Lipinski definition) is 3. The molecule has 1 aromatic carbocycles. The van der Waals surface area contributed by atoms with Crippen LogP contribution in [0.25, 0.3) is 11.1 Å². The molecule has 20 heavy (non-hydrogen) atoms. The molecule has 0 bridgehead atoms. The summed E-state index contributed by atoms with van der Waals surface area (Å²) in [6.07, 6.45) is 5.88. The van der Waals surface area contributed by atoms with Gasteiger partial charge in [-0.15, -0.1) is 0 Å². The Balaban J connectivity index is 1.92. The minimum atomic E-state index is -0.367. The van der Waals surface area contributed by atoms with Gasteiger partial charge in [-0.3, -0.25) is 4.98 Å². The molecule has 1 aliphatic heterocycles. The molecule has 1 atom stereocenters. The normalized spacial score (nSPS) is 18.8. The highest BCUT2D eigenvalue weighted by atomic mass is 19.1. The fraction of sp³-hybridized carbons (Fsp3) is 0.312. The van der Waals surface area contributed by atoms with Gasteiger partial charge in [-0.25, -0.2) is 4.39 Å². The van der Waals surface area contributed by atoms with Gasteiger partial charge in [0.05, 0.1) is 6.61 Å². The van der Waals surface area contributed by atoms with Crippen LogP contribution in [0.3, 0.4) is 0 Å². The Labute approximate surface area is 117 Å². The van der Waals surface area contributed by atoms with Gasteiger partial charge < -0.3 is 9.47 Å². The molecule has 3 rings (SSSR count). The van der Waals surface area contributed by atoms with Crippen molar-refractivity contribution in [2.24, 2.45) is 0 Å². The van der Waals surface area contributed by atoms with Crippen LogP contribution in [-0.2, 0) is 4.74 Å². The zero-order valence-electron chi connectivity index (χ0n) is 11.1. The third-order valence-electron chi connectivity index (χ3n) is 3.35. The van der Waals surface area contributed by atoms with E-state index >= 15 is 0 Å². The van der Waals surface area contributed by atoms with Crippen molar-refractivity contribution in [2.45, 2.75) is 25.6 Å². The van der Waals surface area contributed by atoms with Crippen molar-refractivity contribution in [1.29, 1.82) is 0 Å². The number of nitrogens with zero attached hydrogens (tertiary/aromatic N) is 1. The van der Waals surface area contributed by atoms with Crippen molar-refractivity contribution in [3.05, 3.63) is 48.5 Å². The summed E-state index contributed by atoms with van der Waals surface area (Å²) in [6, 6.07) is 8.60. The highest BCUT2D eigenvalue weighted by Gasteiger charge is 2.20. The standard InChI is InChI=1S/C16H16FNO2/c17-14-5-3-4-13(12-7-9-18-10-8-12)16(14)20-15-6-1-2-11-19-15/h3-5,7-10,15H,1-2,6,11H2. The molecule has 0 spiro atoms. The van der Waals surface area contributed by atoms with E-state index in [2.05, 4.69) is 4.98 Å². The first-order valence-electron chi connectivity index (χ1n) is 6.82. The minimum absolute atomic E-state index is 0.255. The van der Waals surface area contributed by atoms with Crippen molar-refractivity contribution in [3.8, 4) is 16.9 Å². The Kier molecular flexibility index (Phi) is 3.92. The molecule has 1 aliphatic rings. The van der Waals surface area contributed by atoms with Crippen LogP contribution in [0.4, 0.5) is 4.39 Å². The van der Waals surface area contributed by atoms with Gasteiger partial charge in [0.25, 0.3) is 0 Å². The van der Waals surface area contributed by atoms with E-state index in [1.807, 2.05) is 18.2 Å². The Bertz CT molecular complexity index is 568. The third-order valence-corrected chi connectivity index (χ3v) is 3.35. The van der Waals surface area contributed by atoms with E-state index in [9.17, 15) is 4.39 Å². The van der Waals surface area contributed by atoms with Crippen LogP contribution in [0, 0.1) is 5.82 Å². The van der Waals surface area contributed by atoms with Crippen LogP contribution < -0.4 is 4.74 Å². The van der Waals surface area contributed by atoms with Gasteiger partial charge in [-0.1, -0.05) is 12.1 Å². The fourth-order valence-electron chi connectivity index (χ4n) is 2.32. The first kappa shape index (κ1) is 13.1. The number of hydrogen-bond donors (Lipinski definition) is 0. The Hall–Kier alpha value is -1.94. The molecule has 1 aromatic heterocycles. The molecule has 0 amide bonds. The molecule has 4 heteroatoms. The van der Waals surface area contributed by atoms with E-state index in [1.165, 1.54) is 6.07 Å². The highest BCUT2D eigenvalue weighted by molar-refractivity contribution is 5.70. The van der Waals surface area contributed by atoms with Gasteiger partial charge in [0.2, 0.25) is 0 Å². The molecule has 104 valence electrons. The summed E-state index contributed by atoms with van der Waals surface area (Å²) in [5, 5.41) is 0. The lowest BCUT2D eigenvalue weighted by Crippen LogP contribution is -2.25. The maximum atomic E-state index is 14.1. The molecule has 1 unspecified atom stereocenters. The van der Waals surface area contributed by atoms with Gasteiger partial charge in [0.15, 0.2) is 17.9 Å². The van der Waals surface area contributed by atoms with Gasteiger partial charge in [-0.05, 0) is 36.6 Å². The van der Waals surface area contributed by atoms with Gasteiger partial charge in [-0.2, -0.15) is 0 Å². The SMILES string of the molecule is Fc1cccc(-c2ccncc2)c1OC1CCCCO1. The Morgan fingerprint density at radius 3 is 2.75 bits per heavy atom. The molecule has 2 heterocycles. The fourth-order valence-corrected chi connectivity index (χ4v) is 2.32. The number of benzene rings is 1. The lowest BCUT2D eigenvalue weighted by Gasteiger charge is -2.24. The van der Waals surface area contributed by atoms with E-state index in [4.69, 9.17) is 9.47 Å². The van der Waals surface area contributed by atoms with E-state index in [0.29, 0.717) is 6.61 Å². The van der Waals surface area contributed by atoms with E-state index in [0.717, 1.165) is 30.4 Å².